The number of benzene rings is 7. The molecule has 5 heteroatoms. The highest BCUT2D eigenvalue weighted by Gasteiger charge is 2.22. The van der Waals surface area contributed by atoms with E-state index in [0.717, 1.165) is 82.7 Å². The molecule has 0 unspecified atom stereocenters. The van der Waals surface area contributed by atoms with Crippen LogP contribution < -0.4 is 0 Å². The van der Waals surface area contributed by atoms with Crippen molar-refractivity contribution in [2.45, 2.75) is 0 Å². The molecule has 10 rings (SSSR count). The molecule has 5 nitrogen and oxygen atoms in total. The fourth-order valence-corrected chi connectivity index (χ4v) is 7.12. The van der Waals surface area contributed by atoms with Gasteiger partial charge in [-0.25, -0.2) is 19.9 Å². The third-order valence-electron chi connectivity index (χ3n) is 9.49. The molecule has 0 saturated carbocycles. The molecule has 0 saturated heterocycles. The predicted molar refractivity (Wildman–Crippen MR) is 207 cm³/mol. The molecule has 0 N–H and O–H groups in total. The molecule has 0 aliphatic rings. The lowest BCUT2D eigenvalue weighted by atomic mass is 9.91. The fourth-order valence-electron chi connectivity index (χ4n) is 7.12. The average Bonchev–Trinajstić information content (AvgIpc) is 3.61. The highest BCUT2D eigenvalue weighted by atomic mass is 16.3. The summed E-state index contributed by atoms with van der Waals surface area (Å²) in [7, 11) is 0. The highest BCUT2D eigenvalue weighted by Crippen LogP contribution is 2.45. The van der Waals surface area contributed by atoms with Crippen molar-refractivity contribution < 1.29 is 4.42 Å². The van der Waals surface area contributed by atoms with Gasteiger partial charge in [0.2, 0.25) is 0 Å². The number of rotatable bonds is 5. The standard InChI is InChI=1S/C46H28N4O/c1-4-15-29(16-5-1)42-37-28-36(43-41(35-24-11-13-26-39(35)51-43)40(37)34-23-10-12-25-38(34)47-42)32-21-14-22-33(27-32)46-49-44(30-17-6-2-7-18-30)48-45(50-46)31-19-8-3-9-20-31/h1-28H. The first-order chi connectivity index (χ1) is 25.3. The predicted octanol–water partition coefficient (Wildman–Crippen LogP) is 11.8. The minimum absolute atomic E-state index is 0.601. The summed E-state index contributed by atoms with van der Waals surface area (Å²) in [5.74, 6) is 1.85. The molecule has 0 bridgehead atoms. The van der Waals surface area contributed by atoms with E-state index in [-0.39, 0.29) is 0 Å². The van der Waals surface area contributed by atoms with Crippen molar-refractivity contribution in [3.63, 3.8) is 0 Å². The van der Waals surface area contributed by atoms with Gasteiger partial charge in [0, 0.05) is 54.7 Å². The van der Waals surface area contributed by atoms with Gasteiger partial charge in [-0.1, -0.05) is 146 Å². The second-order valence-corrected chi connectivity index (χ2v) is 12.6. The fraction of sp³-hybridized carbons (Fsp3) is 0. The maximum atomic E-state index is 6.78. The number of hydrogen-bond acceptors (Lipinski definition) is 5. The molecule has 3 aromatic heterocycles. The molecule has 238 valence electrons. The summed E-state index contributed by atoms with van der Waals surface area (Å²) < 4.78 is 6.78. The molecule has 0 aliphatic heterocycles. The molecule has 0 spiro atoms. The van der Waals surface area contributed by atoms with Crippen LogP contribution in [0.5, 0.6) is 0 Å². The van der Waals surface area contributed by atoms with Crippen LogP contribution in [0.4, 0.5) is 0 Å². The first-order valence-corrected chi connectivity index (χ1v) is 17.0. The zero-order valence-corrected chi connectivity index (χ0v) is 27.4. The zero-order chi connectivity index (χ0) is 33.7. The van der Waals surface area contributed by atoms with E-state index in [1.807, 2.05) is 84.9 Å². The van der Waals surface area contributed by atoms with Gasteiger partial charge >= 0.3 is 0 Å². The van der Waals surface area contributed by atoms with Crippen molar-refractivity contribution in [3.05, 3.63) is 170 Å². The molecule has 0 aliphatic carbocycles. The minimum Gasteiger partial charge on any atom is -0.455 e. The summed E-state index contributed by atoms with van der Waals surface area (Å²) in [6.07, 6.45) is 0. The number of hydrogen-bond donors (Lipinski definition) is 0. The Hall–Kier alpha value is -6.98. The lowest BCUT2D eigenvalue weighted by Gasteiger charge is -2.14. The maximum absolute atomic E-state index is 6.78. The van der Waals surface area contributed by atoms with Crippen LogP contribution in [0.25, 0.3) is 100 Å². The van der Waals surface area contributed by atoms with Crippen molar-refractivity contribution in [1.82, 2.24) is 19.9 Å². The molecular formula is C46H28N4O. The highest BCUT2D eigenvalue weighted by molar-refractivity contribution is 6.30. The first-order valence-electron chi connectivity index (χ1n) is 17.0. The Morgan fingerprint density at radius 3 is 1.57 bits per heavy atom. The average molecular weight is 653 g/mol. The molecule has 51 heavy (non-hydrogen) atoms. The third-order valence-corrected chi connectivity index (χ3v) is 9.49. The van der Waals surface area contributed by atoms with Crippen LogP contribution in [0.15, 0.2) is 174 Å². The number of furan rings is 1. The SMILES string of the molecule is c1ccc(-c2nc(-c3ccccc3)nc(-c3cccc(-c4cc5c(-c6ccccc6)nc6ccccc6c5c5c4oc4ccccc45)c3)n2)cc1. The largest absolute Gasteiger partial charge is 0.455 e. The first kappa shape index (κ1) is 29.0. The van der Waals surface area contributed by atoms with E-state index in [0.29, 0.717) is 17.5 Å². The van der Waals surface area contributed by atoms with Gasteiger partial charge in [-0.3, -0.25) is 0 Å². The van der Waals surface area contributed by atoms with E-state index in [1.165, 1.54) is 0 Å². The minimum atomic E-state index is 0.601. The number of nitrogens with zero attached hydrogens (tertiary/aromatic N) is 4. The normalized spacial score (nSPS) is 11.5. The van der Waals surface area contributed by atoms with Gasteiger partial charge in [0.15, 0.2) is 17.5 Å². The van der Waals surface area contributed by atoms with Crippen molar-refractivity contribution in [3.8, 4) is 56.5 Å². The van der Waals surface area contributed by atoms with E-state index < -0.39 is 0 Å². The van der Waals surface area contributed by atoms with Gasteiger partial charge in [0.05, 0.1) is 11.2 Å². The van der Waals surface area contributed by atoms with Gasteiger partial charge in [-0.2, -0.15) is 0 Å². The zero-order valence-electron chi connectivity index (χ0n) is 27.4. The summed E-state index contributed by atoms with van der Waals surface area (Å²) in [4.78, 5) is 20.2. The summed E-state index contributed by atoms with van der Waals surface area (Å²) in [5, 5.41) is 5.45. The van der Waals surface area contributed by atoms with Gasteiger partial charge in [0.25, 0.3) is 0 Å². The quantitative estimate of drug-likeness (QED) is 0.173. The Kier molecular flexibility index (Phi) is 6.74. The van der Waals surface area contributed by atoms with Gasteiger partial charge in [-0.05, 0) is 29.8 Å². The topological polar surface area (TPSA) is 64.7 Å². The molecular weight excluding hydrogens is 625 g/mol. The Bertz CT molecular complexity index is 2840. The monoisotopic (exact) mass is 652 g/mol. The van der Waals surface area contributed by atoms with Crippen molar-refractivity contribution in [2.24, 2.45) is 0 Å². The van der Waals surface area contributed by atoms with Gasteiger partial charge < -0.3 is 4.42 Å². The van der Waals surface area contributed by atoms with E-state index in [4.69, 9.17) is 24.4 Å². The Labute approximate surface area is 293 Å². The second-order valence-electron chi connectivity index (χ2n) is 12.6. The van der Waals surface area contributed by atoms with Crippen LogP contribution in [-0.4, -0.2) is 19.9 Å². The lowest BCUT2D eigenvalue weighted by molar-refractivity contribution is 0.670. The second kappa shape index (κ2) is 11.9. The van der Waals surface area contributed by atoms with Crippen LogP contribution in [-0.2, 0) is 0 Å². The summed E-state index contributed by atoms with van der Waals surface area (Å²) >= 11 is 0. The molecule has 7 aromatic carbocycles. The number of aromatic nitrogens is 4. The molecule has 0 atom stereocenters. The van der Waals surface area contributed by atoms with Crippen LogP contribution in [0.1, 0.15) is 0 Å². The molecule has 0 amide bonds. The van der Waals surface area contributed by atoms with Gasteiger partial charge in [0.1, 0.15) is 11.2 Å². The Balaban J connectivity index is 1.26. The van der Waals surface area contributed by atoms with E-state index in [9.17, 15) is 0 Å². The van der Waals surface area contributed by atoms with Crippen molar-refractivity contribution in [2.75, 3.05) is 0 Å². The summed E-state index contributed by atoms with van der Waals surface area (Å²) in [6.45, 7) is 0. The number of para-hydroxylation sites is 2. The summed E-state index contributed by atoms with van der Waals surface area (Å²) in [6, 6.07) is 57.9. The van der Waals surface area contributed by atoms with Crippen LogP contribution in [0.3, 0.4) is 0 Å². The molecule has 3 heterocycles. The van der Waals surface area contributed by atoms with E-state index in [2.05, 4.69) is 84.9 Å². The smallest absolute Gasteiger partial charge is 0.164 e. The van der Waals surface area contributed by atoms with E-state index >= 15 is 0 Å². The molecule has 10 aromatic rings. The van der Waals surface area contributed by atoms with Crippen LogP contribution in [0.2, 0.25) is 0 Å². The van der Waals surface area contributed by atoms with Crippen molar-refractivity contribution >= 4 is 43.6 Å². The van der Waals surface area contributed by atoms with Crippen LogP contribution >= 0.6 is 0 Å². The molecule has 0 radical (unpaired) electrons. The number of pyridine rings is 1. The van der Waals surface area contributed by atoms with Crippen LogP contribution in [0, 0.1) is 0 Å². The molecule has 0 fully saturated rings. The number of fused-ring (bicyclic) bond motifs is 7. The Morgan fingerprint density at radius 1 is 0.353 bits per heavy atom. The van der Waals surface area contributed by atoms with E-state index in [1.54, 1.807) is 0 Å². The van der Waals surface area contributed by atoms with Crippen molar-refractivity contribution in [1.29, 1.82) is 0 Å². The maximum Gasteiger partial charge on any atom is 0.164 e. The lowest BCUT2D eigenvalue weighted by Crippen LogP contribution is -2.00. The Morgan fingerprint density at radius 2 is 0.882 bits per heavy atom. The van der Waals surface area contributed by atoms with Gasteiger partial charge in [-0.15, -0.1) is 0 Å². The summed E-state index contributed by atoms with van der Waals surface area (Å²) in [5.41, 5.74) is 9.34. The third kappa shape index (κ3) is 4.94.